The summed E-state index contributed by atoms with van der Waals surface area (Å²) in [5.74, 6) is 5.26. The number of benzene rings is 1. The summed E-state index contributed by atoms with van der Waals surface area (Å²) < 4.78 is 12.8. The van der Waals surface area contributed by atoms with E-state index in [9.17, 15) is 9.18 Å². The largest absolute Gasteiger partial charge is 0.349 e. The molecule has 0 aliphatic carbocycles. The van der Waals surface area contributed by atoms with Gasteiger partial charge >= 0.3 is 0 Å². The molecule has 118 valence electrons. The van der Waals surface area contributed by atoms with Crippen molar-refractivity contribution in [2.24, 2.45) is 5.41 Å². The highest BCUT2D eigenvalue weighted by Crippen LogP contribution is 2.10. The van der Waals surface area contributed by atoms with Crippen molar-refractivity contribution in [2.45, 2.75) is 20.8 Å². The second-order valence-electron chi connectivity index (χ2n) is 6.30. The van der Waals surface area contributed by atoms with Crippen molar-refractivity contribution in [2.75, 3.05) is 6.54 Å². The molecular formula is C18H18FN3O. The lowest BCUT2D eigenvalue weighted by Crippen LogP contribution is -2.33. The quantitative estimate of drug-likeness (QED) is 0.868. The average molecular weight is 311 g/mol. The summed E-state index contributed by atoms with van der Waals surface area (Å²) in [7, 11) is 0. The third-order valence-corrected chi connectivity index (χ3v) is 2.83. The summed E-state index contributed by atoms with van der Waals surface area (Å²) in [6.07, 6.45) is 2.99. The van der Waals surface area contributed by atoms with Crippen LogP contribution < -0.4 is 5.32 Å². The van der Waals surface area contributed by atoms with Crippen LogP contribution in [-0.2, 0) is 0 Å². The number of nitrogens with one attached hydrogen (secondary N) is 1. The molecule has 5 heteroatoms. The maximum Gasteiger partial charge on any atom is 0.289 e. The monoisotopic (exact) mass is 311 g/mol. The first-order valence-electron chi connectivity index (χ1n) is 7.21. The molecule has 0 atom stereocenters. The van der Waals surface area contributed by atoms with Crippen molar-refractivity contribution >= 4 is 5.91 Å². The minimum Gasteiger partial charge on any atom is -0.349 e. The van der Waals surface area contributed by atoms with Crippen molar-refractivity contribution in [1.29, 1.82) is 0 Å². The Morgan fingerprint density at radius 1 is 1.09 bits per heavy atom. The topological polar surface area (TPSA) is 54.9 Å². The van der Waals surface area contributed by atoms with Gasteiger partial charge < -0.3 is 5.32 Å². The zero-order valence-electron chi connectivity index (χ0n) is 13.4. The van der Waals surface area contributed by atoms with Crippen LogP contribution in [0.2, 0.25) is 0 Å². The van der Waals surface area contributed by atoms with Crippen LogP contribution in [0.25, 0.3) is 0 Å². The van der Waals surface area contributed by atoms with Gasteiger partial charge in [-0.2, -0.15) is 0 Å². The molecule has 1 amide bonds. The number of rotatable bonds is 2. The molecule has 0 bridgehead atoms. The van der Waals surface area contributed by atoms with Crippen LogP contribution in [0.3, 0.4) is 0 Å². The maximum atomic E-state index is 12.8. The van der Waals surface area contributed by atoms with Gasteiger partial charge in [0.15, 0.2) is 0 Å². The van der Waals surface area contributed by atoms with Crippen molar-refractivity contribution < 1.29 is 9.18 Å². The molecule has 2 aromatic rings. The van der Waals surface area contributed by atoms with Gasteiger partial charge in [0.2, 0.25) is 5.82 Å². The summed E-state index contributed by atoms with van der Waals surface area (Å²) in [6, 6.07) is 5.89. The van der Waals surface area contributed by atoms with Crippen LogP contribution in [0.5, 0.6) is 0 Å². The average Bonchev–Trinajstić information content (AvgIpc) is 2.52. The van der Waals surface area contributed by atoms with Crippen LogP contribution in [0.4, 0.5) is 4.39 Å². The second kappa shape index (κ2) is 7.01. The van der Waals surface area contributed by atoms with Crippen molar-refractivity contribution in [3.63, 3.8) is 0 Å². The standard InChI is InChI=1S/C18H18FN3O/c1-18(2,3)12-22-17(23)16-20-10-14(11-21-16)5-4-13-6-8-15(19)9-7-13/h6-11H,12H2,1-3H3,(H,22,23). The predicted molar refractivity (Wildman–Crippen MR) is 86.2 cm³/mol. The summed E-state index contributed by atoms with van der Waals surface area (Å²) >= 11 is 0. The Hall–Kier alpha value is -2.74. The van der Waals surface area contributed by atoms with Gasteiger partial charge in [0.1, 0.15) is 5.82 Å². The molecule has 1 N–H and O–H groups in total. The number of hydrogen-bond acceptors (Lipinski definition) is 3. The Balaban J connectivity index is 2.02. The van der Waals surface area contributed by atoms with Gasteiger partial charge in [0.05, 0.1) is 5.56 Å². The van der Waals surface area contributed by atoms with E-state index >= 15 is 0 Å². The molecule has 1 aromatic carbocycles. The van der Waals surface area contributed by atoms with Gasteiger partial charge in [-0.25, -0.2) is 14.4 Å². The fraction of sp³-hybridized carbons (Fsp3) is 0.278. The van der Waals surface area contributed by atoms with Gasteiger partial charge in [-0.1, -0.05) is 32.6 Å². The number of aromatic nitrogens is 2. The molecule has 0 spiro atoms. The maximum absolute atomic E-state index is 12.8. The number of nitrogens with zero attached hydrogens (tertiary/aromatic N) is 2. The summed E-state index contributed by atoms with van der Waals surface area (Å²) in [4.78, 5) is 19.9. The lowest BCUT2D eigenvalue weighted by atomic mass is 9.97. The van der Waals surface area contributed by atoms with E-state index in [4.69, 9.17) is 0 Å². The van der Waals surface area contributed by atoms with Gasteiger partial charge in [0.25, 0.3) is 5.91 Å². The number of hydrogen-bond donors (Lipinski definition) is 1. The molecule has 0 fully saturated rings. The molecule has 1 aromatic heterocycles. The molecule has 1 heterocycles. The normalized spacial score (nSPS) is 10.6. The van der Waals surface area contributed by atoms with E-state index in [0.29, 0.717) is 17.7 Å². The van der Waals surface area contributed by atoms with Gasteiger partial charge in [-0.15, -0.1) is 0 Å². The minimum absolute atomic E-state index is 0.00374. The predicted octanol–water partition coefficient (Wildman–Crippen LogP) is 2.79. The zero-order chi connectivity index (χ0) is 16.9. The fourth-order valence-electron chi connectivity index (χ4n) is 1.61. The molecule has 0 unspecified atom stereocenters. The Bertz CT molecular complexity index is 735. The van der Waals surface area contributed by atoms with Gasteiger partial charge in [-0.3, -0.25) is 4.79 Å². The highest BCUT2D eigenvalue weighted by Gasteiger charge is 2.14. The summed E-state index contributed by atoms with van der Waals surface area (Å²) in [5, 5.41) is 2.79. The fourth-order valence-corrected chi connectivity index (χ4v) is 1.61. The lowest BCUT2D eigenvalue weighted by molar-refractivity contribution is 0.0928. The van der Waals surface area contributed by atoms with Crippen LogP contribution in [0.15, 0.2) is 36.7 Å². The second-order valence-corrected chi connectivity index (χ2v) is 6.30. The Morgan fingerprint density at radius 3 is 2.22 bits per heavy atom. The lowest BCUT2D eigenvalue weighted by Gasteiger charge is -2.18. The van der Waals surface area contributed by atoms with Crippen LogP contribution in [-0.4, -0.2) is 22.4 Å². The first-order chi connectivity index (χ1) is 10.8. The number of carbonyl (C=O) groups is 1. The number of halogens is 1. The van der Waals surface area contributed by atoms with Crippen LogP contribution in [0.1, 0.15) is 42.5 Å². The number of carbonyl (C=O) groups excluding carboxylic acids is 1. The molecule has 0 saturated carbocycles. The smallest absolute Gasteiger partial charge is 0.289 e. The molecular weight excluding hydrogens is 293 g/mol. The molecule has 0 aliphatic rings. The molecule has 4 nitrogen and oxygen atoms in total. The van der Waals surface area contributed by atoms with E-state index in [0.717, 1.165) is 0 Å². The Labute approximate surface area is 135 Å². The van der Waals surface area contributed by atoms with E-state index in [1.54, 1.807) is 12.1 Å². The van der Waals surface area contributed by atoms with Gasteiger partial charge in [-0.05, 0) is 29.7 Å². The van der Waals surface area contributed by atoms with Crippen molar-refractivity contribution in [3.05, 3.63) is 59.4 Å². The zero-order valence-corrected chi connectivity index (χ0v) is 13.4. The Morgan fingerprint density at radius 2 is 1.65 bits per heavy atom. The summed E-state index contributed by atoms with van der Waals surface area (Å²) in [5.41, 5.74) is 1.27. The Kier molecular flexibility index (Phi) is 5.07. The first kappa shape index (κ1) is 16.6. The third kappa shape index (κ3) is 5.51. The highest BCUT2D eigenvalue weighted by molar-refractivity contribution is 5.90. The van der Waals surface area contributed by atoms with E-state index in [-0.39, 0.29) is 23.0 Å². The molecule has 0 radical (unpaired) electrons. The molecule has 0 saturated heterocycles. The van der Waals surface area contributed by atoms with Crippen molar-refractivity contribution in [3.8, 4) is 11.8 Å². The van der Waals surface area contributed by atoms with E-state index in [1.807, 2.05) is 20.8 Å². The number of amides is 1. The minimum atomic E-state index is -0.307. The molecule has 23 heavy (non-hydrogen) atoms. The van der Waals surface area contributed by atoms with E-state index in [2.05, 4.69) is 27.1 Å². The van der Waals surface area contributed by atoms with E-state index in [1.165, 1.54) is 24.5 Å². The summed E-state index contributed by atoms with van der Waals surface area (Å²) in [6.45, 7) is 6.63. The molecule has 0 aliphatic heterocycles. The SMILES string of the molecule is CC(C)(C)CNC(=O)c1ncc(C#Cc2ccc(F)cc2)cn1. The van der Waals surface area contributed by atoms with E-state index < -0.39 is 0 Å². The third-order valence-electron chi connectivity index (χ3n) is 2.83. The molecule has 2 rings (SSSR count). The van der Waals surface area contributed by atoms with Crippen LogP contribution in [0, 0.1) is 23.1 Å². The first-order valence-corrected chi connectivity index (χ1v) is 7.21. The highest BCUT2D eigenvalue weighted by atomic mass is 19.1. The van der Waals surface area contributed by atoms with Crippen molar-refractivity contribution in [1.82, 2.24) is 15.3 Å². The van der Waals surface area contributed by atoms with Gasteiger partial charge in [0, 0.05) is 24.5 Å². The van der Waals surface area contributed by atoms with Crippen LogP contribution >= 0.6 is 0 Å².